The molecule has 0 fully saturated rings. The number of hydrogen-bond donors (Lipinski definition) is 0. The molecule has 0 bridgehead atoms. The Labute approximate surface area is 170 Å². The van der Waals surface area contributed by atoms with Crippen molar-refractivity contribution >= 4 is 27.5 Å². The van der Waals surface area contributed by atoms with Gasteiger partial charge >= 0.3 is 0 Å². The van der Waals surface area contributed by atoms with Crippen LogP contribution in [0.15, 0.2) is 41.3 Å². The van der Waals surface area contributed by atoms with Crippen LogP contribution in [-0.4, -0.2) is 43.7 Å². The van der Waals surface area contributed by atoms with E-state index in [4.69, 9.17) is 11.6 Å². The minimum Gasteiger partial charge on any atom is -0.337 e. The molecule has 0 aliphatic carbocycles. The number of carbonyl (C=O) groups excluding carboxylic acids is 1. The summed E-state index contributed by atoms with van der Waals surface area (Å²) < 4.78 is 40.9. The highest BCUT2D eigenvalue weighted by atomic mass is 35.5. The second kappa shape index (κ2) is 9.03. The number of carbonyl (C=O) groups is 1. The second-order valence-corrected chi connectivity index (χ2v) is 8.77. The molecule has 2 rings (SSSR count). The predicted molar refractivity (Wildman–Crippen MR) is 108 cm³/mol. The molecule has 0 N–H and O–H groups in total. The first kappa shape index (κ1) is 22.3. The lowest BCUT2D eigenvalue weighted by atomic mass is 10.1. The van der Waals surface area contributed by atoms with E-state index in [0.29, 0.717) is 18.7 Å². The molecule has 152 valence electrons. The molecule has 2 aromatic rings. The number of benzene rings is 2. The fourth-order valence-corrected chi connectivity index (χ4v) is 4.61. The largest absolute Gasteiger partial charge is 0.337 e. The van der Waals surface area contributed by atoms with Crippen LogP contribution in [0.25, 0.3) is 0 Å². The number of hydrogen-bond acceptors (Lipinski definition) is 3. The monoisotopic (exact) mass is 426 g/mol. The smallest absolute Gasteiger partial charge is 0.254 e. The Hall–Kier alpha value is -1.96. The summed E-state index contributed by atoms with van der Waals surface area (Å²) in [7, 11) is -2.17. The molecular formula is C20H24ClFN2O3S. The van der Waals surface area contributed by atoms with Gasteiger partial charge in [-0.25, -0.2) is 12.8 Å². The standard InChI is InChI=1S/C20H24ClFN2O3S/c1-5-24(6-2)28(26,27)15-11-10-14(3)16(12-15)20(25)23(4)13-17-18(21)8-7-9-19(17)22/h7-12H,5-6,13H2,1-4H3. The Morgan fingerprint density at radius 1 is 1.14 bits per heavy atom. The van der Waals surface area contributed by atoms with Gasteiger partial charge in [0.1, 0.15) is 5.82 Å². The Morgan fingerprint density at radius 3 is 2.36 bits per heavy atom. The van der Waals surface area contributed by atoms with Gasteiger partial charge in [-0.15, -0.1) is 0 Å². The molecule has 0 aliphatic rings. The second-order valence-electron chi connectivity index (χ2n) is 6.43. The Balaban J connectivity index is 2.38. The van der Waals surface area contributed by atoms with E-state index < -0.39 is 21.7 Å². The summed E-state index contributed by atoms with van der Waals surface area (Å²) in [5.41, 5.74) is 1.10. The summed E-state index contributed by atoms with van der Waals surface area (Å²) in [5, 5.41) is 0.231. The van der Waals surface area contributed by atoms with Crippen LogP contribution in [-0.2, 0) is 16.6 Å². The van der Waals surface area contributed by atoms with Gasteiger partial charge in [0.15, 0.2) is 0 Å². The quantitative estimate of drug-likeness (QED) is 0.670. The van der Waals surface area contributed by atoms with Crippen molar-refractivity contribution in [3.8, 4) is 0 Å². The highest BCUT2D eigenvalue weighted by Crippen LogP contribution is 2.23. The molecule has 0 aliphatic heterocycles. The topological polar surface area (TPSA) is 57.7 Å². The van der Waals surface area contributed by atoms with Gasteiger partial charge in [0.2, 0.25) is 10.0 Å². The van der Waals surface area contributed by atoms with Crippen molar-refractivity contribution in [3.63, 3.8) is 0 Å². The first-order valence-corrected chi connectivity index (χ1v) is 10.7. The van der Waals surface area contributed by atoms with Gasteiger partial charge in [-0.1, -0.05) is 37.6 Å². The van der Waals surface area contributed by atoms with Crippen LogP contribution in [0.4, 0.5) is 4.39 Å². The first-order valence-electron chi connectivity index (χ1n) is 8.92. The molecular weight excluding hydrogens is 403 g/mol. The number of rotatable bonds is 7. The van der Waals surface area contributed by atoms with E-state index in [1.54, 1.807) is 32.9 Å². The lowest BCUT2D eigenvalue weighted by Gasteiger charge is -2.22. The molecule has 8 heteroatoms. The molecule has 0 aromatic heterocycles. The van der Waals surface area contributed by atoms with E-state index in [0.717, 1.165) is 0 Å². The summed E-state index contributed by atoms with van der Waals surface area (Å²) in [5.74, 6) is -0.907. The van der Waals surface area contributed by atoms with Gasteiger partial charge in [0, 0.05) is 42.8 Å². The molecule has 0 saturated heterocycles. The molecule has 0 unspecified atom stereocenters. The number of halogens is 2. The van der Waals surface area contributed by atoms with Crippen molar-refractivity contribution in [2.75, 3.05) is 20.1 Å². The number of sulfonamides is 1. The zero-order chi connectivity index (χ0) is 21.1. The minimum absolute atomic E-state index is 0.0309. The summed E-state index contributed by atoms with van der Waals surface area (Å²) in [6.07, 6.45) is 0. The van der Waals surface area contributed by atoms with Gasteiger partial charge in [0.05, 0.1) is 4.90 Å². The maximum absolute atomic E-state index is 14.0. The van der Waals surface area contributed by atoms with E-state index in [9.17, 15) is 17.6 Å². The number of aryl methyl sites for hydroxylation is 1. The number of nitrogens with zero attached hydrogens (tertiary/aromatic N) is 2. The Bertz CT molecular complexity index is 955. The van der Waals surface area contributed by atoms with Crippen LogP contribution in [0.1, 0.15) is 35.3 Å². The SMILES string of the molecule is CCN(CC)S(=O)(=O)c1ccc(C)c(C(=O)N(C)Cc2c(F)cccc2Cl)c1. The van der Waals surface area contributed by atoms with Crippen molar-refractivity contribution in [2.24, 2.45) is 0 Å². The summed E-state index contributed by atoms with van der Waals surface area (Å²) in [6, 6.07) is 8.81. The van der Waals surface area contributed by atoms with Gasteiger partial charge in [-0.2, -0.15) is 4.31 Å². The van der Waals surface area contributed by atoms with Crippen molar-refractivity contribution in [3.05, 3.63) is 63.9 Å². The molecule has 0 spiro atoms. The molecule has 0 saturated carbocycles. The van der Waals surface area contributed by atoms with Crippen LogP contribution in [0, 0.1) is 12.7 Å². The molecule has 0 atom stereocenters. The predicted octanol–water partition coefficient (Wildman–Crippen LogP) is 4.09. The Kier molecular flexibility index (Phi) is 7.20. The average molecular weight is 427 g/mol. The third kappa shape index (κ3) is 4.54. The van der Waals surface area contributed by atoms with Crippen LogP contribution >= 0.6 is 11.6 Å². The van der Waals surface area contributed by atoms with Gasteiger partial charge < -0.3 is 4.90 Å². The molecule has 1 amide bonds. The molecule has 28 heavy (non-hydrogen) atoms. The highest BCUT2D eigenvalue weighted by Gasteiger charge is 2.24. The molecule has 0 radical (unpaired) electrons. The molecule has 0 heterocycles. The molecule has 5 nitrogen and oxygen atoms in total. The van der Waals surface area contributed by atoms with Crippen molar-refractivity contribution in [2.45, 2.75) is 32.2 Å². The zero-order valence-corrected chi connectivity index (χ0v) is 17.9. The minimum atomic E-state index is -3.69. The zero-order valence-electron chi connectivity index (χ0n) is 16.4. The van der Waals surface area contributed by atoms with Crippen molar-refractivity contribution in [1.29, 1.82) is 0 Å². The maximum atomic E-state index is 14.0. The van der Waals surface area contributed by atoms with Crippen LogP contribution in [0.2, 0.25) is 5.02 Å². The third-order valence-corrected chi connectivity index (χ3v) is 6.99. The van der Waals surface area contributed by atoms with E-state index >= 15 is 0 Å². The van der Waals surface area contributed by atoms with E-state index in [1.807, 2.05) is 0 Å². The van der Waals surface area contributed by atoms with Crippen molar-refractivity contribution in [1.82, 2.24) is 9.21 Å². The lowest BCUT2D eigenvalue weighted by Crippen LogP contribution is -2.31. The summed E-state index contributed by atoms with van der Waals surface area (Å²) in [6.45, 7) is 5.88. The number of amides is 1. The van der Waals surface area contributed by atoms with E-state index in [-0.39, 0.29) is 27.6 Å². The third-order valence-electron chi connectivity index (χ3n) is 4.59. The fraction of sp³-hybridized carbons (Fsp3) is 0.350. The lowest BCUT2D eigenvalue weighted by molar-refractivity contribution is 0.0783. The summed E-state index contributed by atoms with van der Waals surface area (Å²) in [4.78, 5) is 14.3. The van der Waals surface area contributed by atoms with Gasteiger partial charge in [0.25, 0.3) is 5.91 Å². The molecule has 2 aromatic carbocycles. The van der Waals surface area contributed by atoms with E-state index in [1.165, 1.54) is 40.5 Å². The van der Waals surface area contributed by atoms with Crippen molar-refractivity contribution < 1.29 is 17.6 Å². The summed E-state index contributed by atoms with van der Waals surface area (Å²) >= 11 is 6.04. The van der Waals surface area contributed by atoms with Crippen LogP contribution in [0.3, 0.4) is 0 Å². The van der Waals surface area contributed by atoms with Crippen LogP contribution in [0.5, 0.6) is 0 Å². The Morgan fingerprint density at radius 2 is 1.79 bits per heavy atom. The fourth-order valence-electron chi connectivity index (χ4n) is 2.90. The van der Waals surface area contributed by atoms with Gasteiger partial charge in [-0.05, 0) is 36.8 Å². The van der Waals surface area contributed by atoms with Crippen LogP contribution < -0.4 is 0 Å². The average Bonchev–Trinajstić information content (AvgIpc) is 2.65. The normalized spacial score (nSPS) is 11.7. The highest BCUT2D eigenvalue weighted by molar-refractivity contribution is 7.89. The maximum Gasteiger partial charge on any atom is 0.254 e. The van der Waals surface area contributed by atoms with E-state index in [2.05, 4.69) is 0 Å². The first-order chi connectivity index (χ1) is 13.1. The van der Waals surface area contributed by atoms with Gasteiger partial charge in [-0.3, -0.25) is 4.79 Å².